The number of halogens is 1. The summed E-state index contributed by atoms with van der Waals surface area (Å²) in [6, 6.07) is 18.6. The van der Waals surface area contributed by atoms with E-state index in [1.165, 1.54) is 14.2 Å². The van der Waals surface area contributed by atoms with Crippen molar-refractivity contribution in [3.05, 3.63) is 77.4 Å². The predicted octanol–water partition coefficient (Wildman–Crippen LogP) is 4.54. The van der Waals surface area contributed by atoms with Gasteiger partial charge < -0.3 is 25.2 Å². The normalized spacial score (nSPS) is 10.6. The fourth-order valence-corrected chi connectivity index (χ4v) is 3.97. The Labute approximate surface area is 234 Å². The number of ether oxygens (including phenoxy) is 2. The van der Waals surface area contributed by atoms with Gasteiger partial charge in [0, 0.05) is 53.4 Å². The highest BCUT2D eigenvalue weighted by molar-refractivity contribution is 14.1. The molecule has 4 aromatic rings. The van der Waals surface area contributed by atoms with Gasteiger partial charge in [-0.15, -0.1) is 0 Å². The van der Waals surface area contributed by atoms with Crippen LogP contribution >= 0.6 is 22.6 Å². The van der Waals surface area contributed by atoms with Gasteiger partial charge in [0.1, 0.15) is 17.4 Å². The van der Waals surface area contributed by atoms with Gasteiger partial charge in [0.15, 0.2) is 0 Å². The van der Waals surface area contributed by atoms with Gasteiger partial charge in [-0.2, -0.15) is 19.9 Å². The summed E-state index contributed by atoms with van der Waals surface area (Å²) in [6.07, 6.45) is 1.49. The standard InChI is InChI=1S/C27H27IN6O4/c1-37-26-31-21(15-23(33-26)29-13-11-17-3-7-19(8-4-17)25(28)36)22-16-24(34-27(32-22)38-2)30-14-12-18-5-9-20(35)10-6-18/h3-10,15-16,35H,11-14H2,1-2H3,(H,29,31,33)(H,30,32,34). The molecule has 0 aliphatic rings. The predicted molar refractivity (Wildman–Crippen MR) is 153 cm³/mol. The van der Waals surface area contributed by atoms with Gasteiger partial charge in [0.25, 0.3) is 0 Å². The van der Waals surface area contributed by atoms with Crippen LogP contribution in [-0.4, -0.2) is 56.1 Å². The van der Waals surface area contributed by atoms with Gasteiger partial charge in [0.2, 0.25) is 3.79 Å². The number of aromatic nitrogens is 4. The molecule has 0 atom stereocenters. The van der Waals surface area contributed by atoms with Crippen molar-refractivity contribution in [3.8, 4) is 29.2 Å². The minimum Gasteiger partial charge on any atom is -0.508 e. The highest BCUT2D eigenvalue weighted by atomic mass is 127. The number of aromatic hydroxyl groups is 1. The van der Waals surface area contributed by atoms with Crippen LogP contribution in [0.25, 0.3) is 11.4 Å². The highest BCUT2D eigenvalue weighted by Gasteiger charge is 2.13. The van der Waals surface area contributed by atoms with Crippen molar-refractivity contribution in [1.29, 1.82) is 0 Å². The topological polar surface area (TPSA) is 131 Å². The average Bonchev–Trinajstić information content (AvgIpc) is 2.94. The van der Waals surface area contributed by atoms with E-state index in [1.54, 1.807) is 46.9 Å². The molecule has 0 radical (unpaired) electrons. The van der Waals surface area contributed by atoms with Crippen molar-refractivity contribution >= 4 is 38.0 Å². The van der Waals surface area contributed by atoms with E-state index in [1.807, 2.05) is 36.4 Å². The number of carbonyl (C=O) groups excluding carboxylic acids is 1. The van der Waals surface area contributed by atoms with E-state index in [2.05, 4.69) is 30.6 Å². The molecule has 0 aliphatic carbocycles. The van der Waals surface area contributed by atoms with E-state index >= 15 is 0 Å². The van der Waals surface area contributed by atoms with Crippen LogP contribution in [0.3, 0.4) is 0 Å². The Kier molecular flexibility index (Phi) is 9.25. The van der Waals surface area contributed by atoms with Crippen LogP contribution in [-0.2, 0) is 12.8 Å². The van der Waals surface area contributed by atoms with E-state index in [-0.39, 0.29) is 21.6 Å². The van der Waals surface area contributed by atoms with E-state index in [0.717, 1.165) is 24.0 Å². The molecule has 0 fully saturated rings. The number of hydrogen-bond acceptors (Lipinski definition) is 10. The molecule has 0 unspecified atom stereocenters. The van der Waals surface area contributed by atoms with Crippen LogP contribution in [0.2, 0.25) is 0 Å². The third-order valence-corrected chi connectivity index (χ3v) is 6.22. The number of anilines is 2. The van der Waals surface area contributed by atoms with Gasteiger partial charge >= 0.3 is 12.0 Å². The Morgan fingerprint density at radius 3 is 1.63 bits per heavy atom. The van der Waals surface area contributed by atoms with Crippen molar-refractivity contribution in [2.24, 2.45) is 0 Å². The molecular formula is C27H27IN6O4. The summed E-state index contributed by atoms with van der Waals surface area (Å²) in [7, 11) is 3.02. The fourth-order valence-electron chi connectivity index (χ4n) is 3.61. The second-order valence-corrected chi connectivity index (χ2v) is 9.22. The molecular weight excluding hydrogens is 599 g/mol. The molecule has 3 N–H and O–H groups in total. The van der Waals surface area contributed by atoms with Gasteiger partial charge in [-0.25, -0.2) is 0 Å². The maximum atomic E-state index is 11.5. The zero-order valence-electron chi connectivity index (χ0n) is 20.9. The molecule has 38 heavy (non-hydrogen) atoms. The summed E-state index contributed by atoms with van der Waals surface area (Å²) in [5.74, 6) is 1.42. The summed E-state index contributed by atoms with van der Waals surface area (Å²) in [6.45, 7) is 1.24. The van der Waals surface area contributed by atoms with Gasteiger partial charge in [-0.3, -0.25) is 4.79 Å². The van der Waals surface area contributed by atoms with Gasteiger partial charge in [-0.1, -0.05) is 36.4 Å². The Hall–Kier alpha value is -4.00. The molecule has 2 aromatic heterocycles. The molecule has 11 heteroatoms. The number of hydrogen-bond donors (Lipinski definition) is 3. The monoisotopic (exact) mass is 626 g/mol. The van der Waals surface area contributed by atoms with Crippen LogP contribution in [0.1, 0.15) is 21.5 Å². The third-order valence-electron chi connectivity index (χ3n) is 5.60. The van der Waals surface area contributed by atoms with Crippen LogP contribution in [0.4, 0.5) is 11.6 Å². The lowest BCUT2D eigenvalue weighted by atomic mass is 10.1. The zero-order valence-corrected chi connectivity index (χ0v) is 23.1. The number of methoxy groups -OCH3 is 2. The van der Waals surface area contributed by atoms with E-state index in [4.69, 9.17) is 9.47 Å². The minimum absolute atomic E-state index is 0.0185. The van der Waals surface area contributed by atoms with Gasteiger partial charge in [-0.05, 0) is 36.1 Å². The smallest absolute Gasteiger partial charge is 0.318 e. The molecule has 0 spiro atoms. The Morgan fingerprint density at radius 2 is 1.21 bits per heavy atom. The number of carbonyl (C=O) groups is 1. The van der Waals surface area contributed by atoms with E-state index < -0.39 is 0 Å². The largest absolute Gasteiger partial charge is 0.508 e. The number of nitrogens with zero attached hydrogens (tertiary/aromatic N) is 4. The Bertz CT molecular complexity index is 1380. The van der Waals surface area contributed by atoms with Crippen molar-refractivity contribution in [2.75, 3.05) is 37.9 Å². The van der Waals surface area contributed by atoms with E-state index in [9.17, 15) is 9.90 Å². The quantitative estimate of drug-likeness (QED) is 0.152. The lowest BCUT2D eigenvalue weighted by Gasteiger charge is -2.12. The lowest BCUT2D eigenvalue weighted by molar-refractivity contribution is 0.110. The number of phenolic OH excluding ortho intramolecular Hbond substituents is 1. The SMILES string of the molecule is COc1nc(NCCc2ccc(O)cc2)cc(-c2cc(NCCc3ccc(C(=O)I)cc3)nc(OC)n2)n1. The summed E-state index contributed by atoms with van der Waals surface area (Å²) >= 11 is 1.78. The highest BCUT2D eigenvalue weighted by Crippen LogP contribution is 2.25. The molecule has 196 valence electrons. The molecule has 10 nitrogen and oxygen atoms in total. The Morgan fingerprint density at radius 1 is 0.763 bits per heavy atom. The zero-order chi connectivity index (χ0) is 26.9. The second-order valence-electron chi connectivity index (χ2n) is 8.24. The van der Waals surface area contributed by atoms with Crippen LogP contribution in [0.15, 0.2) is 60.7 Å². The number of phenols is 1. The summed E-state index contributed by atoms with van der Waals surface area (Å²) in [5.41, 5.74) is 3.96. The maximum absolute atomic E-state index is 11.5. The molecule has 2 aromatic carbocycles. The van der Waals surface area contributed by atoms with Crippen molar-refractivity contribution in [2.45, 2.75) is 12.8 Å². The summed E-state index contributed by atoms with van der Waals surface area (Å²) in [4.78, 5) is 29.2. The van der Waals surface area contributed by atoms with Crippen molar-refractivity contribution in [1.82, 2.24) is 19.9 Å². The number of benzene rings is 2. The first-order valence-electron chi connectivity index (χ1n) is 11.8. The maximum Gasteiger partial charge on any atom is 0.318 e. The number of nitrogens with one attached hydrogen (secondary N) is 2. The number of rotatable bonds is 12. The summed E-state index contributed by atoms with van der Waals surface area (Å²) < 4.78 is 10.7. The average molecular weight is 626 g/mol. The minimum atomic E-state index is 0.0185. The molecule has 0 amide bonds. The van der Waals surface area contributed by atoms with Crippen LogP contribution in [0, 0.1) is 0 Å². The second kappa shape index (κ2) is 13.0. The lowest BCUT2D eigenvalue weighted by Crippen LogP contribution is -2.09. The Balaban J connectivity index is 1.46. The van der Waals surface area contributed by atoms with Crippen molar-refractivity contribution < 1.29 is 19.4 Å². The van der Waals surface area contributed by atoms with E-state index in [0.29, 0.717) is 41.7 Å². The molecule has 0 saturated carbocycles. The fraction of sp³-hybridized carbons (Fsp3) is 0.222. The van der Waals surface area contributed by atoms with Crippen molar-refractivity contribution in [3.63, 3.8) is 0 Å². The first-order valence-corrected chi connectivity index (χ1v) is 12.9. The first-order chi connectivity index (χ1) is 18.4. The van der Waals surface area contributed by atoms with Crippen LogP contribution < -0.4 is 20.1 Å². The molecule has 0 aliphatic heterocycles. The molecule has 4 rings (SSSR count). The van der Waals surface area contributed by atoms with Crippen LogP contribution in [0.5, 0.6) is 17.8 Å². The first kappa shape index (κ1) is 27.0. The molecule has 2 heterocycles. The molecule has 0 saturated heterocycles. The third kappa shape index (κ3) is 7.51. The van der Waals surface area contributed by atoms with Gasteiger partial charge in [0.05, 0.1) is 25.6 Å². The summed E-state index contributed by atoms with van der Waals surface area (Å²) in [5, 5.41) is 16.1. The molecule has 0 bridgehead atoms.